The largest absolute Gasteiger partial charge is 0.396 e. The molecule has 2 aromatic heterocycles. The summed E-state index contributed by atoms with van der Waals surface area (Å²) < 4.78 is 1.73. The van der Waals surface area contributed by atoms with Gasteiger partial charge in [-0.15, -0.1) is 11.3 Å². The molecule has 2 heterocycles. The third-order valence-corrected chi connectivity index (χ3v) is 4.47. The van der Waals surface area contributed by atoms with Crippen molar-refractivity contribution in [3.8, 4) is 5.69 Å². The normalized spacial score (nSPS) is 11.9. The van der Waals surface area contributed by atoms with Crippen LogP contribution >= 0.6 is 11.3 Å². The van der Waals surface area contributed by atoms with Crippen molar-refractivity contribution >= 4 is 23.1 Å². The molecule has 0 saturated heterocycles. The minimum Gasteiger partial charge on any atom is -0.396 e. The Balaban J connectivity index is 1.67. The third kappa shape index (κ3) is 4.01. The fourth-order valence-corrected chi connectivity index (χ4v) is 3.19. The highest BCUT2D eigenvalue weighted by atomic mass is 32.1. The number of carbonyl (C=O) groups is 1. The molecule has 1 aromatic carbocycles. The highest BCUT2D eigenvalue weighted by molar-refractivity contribution is 7.10. The molecule has 0 bridgehead atoms. The monoisotopic (exact) mass is 342 g/mol. The zero-order valence-electron chi connectivity index (χ0n) is 12.9. The average molecular weight is 342 g/mol. The number of hydrogen-bond acceptors (Lipinski definition) is 4. The predicted octanol–water partition coefficient (Wildman–Crippen LogP) is 3.18. The van der Waals surface area contributed by atoms with Gasteiger partial charge < -0.3 is 15.7 Å². The van der Waals surface area contributed by atoms with Crippen LogP contribution < -0.4 is 10.6 Å². The van der Waals surface area contributed by atoms with Gasteiger partial charge in [-0.2, -0.15) is 5.10 Å². The van der Waals surface area contributed by atoms with E-state index in [0.29, 0.717) is 12.1 Å². The smallest absolute Gasteiger partial charge is 0.319 e. The van der Waals surface area contributed by atoms with E-state index >= 15 is 0 Å². The molecular weight excluding hydrogens is 324 g/mol. The topological polar surface area (TPSA) is 79.2 Å². The molecule has 3 aromatic rings. The molecule has 0 aliphatic heterocycles. The van der Waals surface area contributed by atoms with Crippen molar-refractivity contribution in [3.63, 3.8) is 0 Å². The van der Waals surface area contributed by atoms with E-state index in [1.54, 1.807) is 22.2 Å². The maximum Gasteiger partial charge on any atom is 0.319 e. The number of amides is 2. The van der Waals surface area contributed by atoms with E-state index in [-0.39, 0.29) is 18.7 Å². The van der Waals surface area contributed by atoms with Gasteiger partial charge in [0.15, 0.2) is 0 Å². The highest BCUT2D eigenvalue weighted by Gasteiger charge is 2.15. The SMILES string of the molecule is O=C(Nc1cccc(-n2cccn2)c1)NC(CCO)c1cccs1. The number of aliphatic hydroxyl groups excluding tert-OH is 1. The fourth-order valence-electron chi connectivity index (χ4n) is 2.38. The summed E-state index contributed by atoms with van der Waals surface area (Å²) in [4.78, 5) is 13.3. The van der Waals surface area contributed by atoms with Crippen LogP contribution in [0.3, 0.4) is 0 Å². The zero-order valence-corrected chi connectivity index (χ0v) is 13.7. The molecule has 124 valence electrons. The number of nitrogens with zero attached hydrogens (tertiary/aromatic N) is 2. The number of thiophene rings is 1. The summed E-state index contributed by atoms with van der Waals surface area (Å²) in [7, 11) is 0. The lowest BCUT2D eigenvalue weighted by atomic mass is 10.2. The molecule has 0 fully saturated rings. The summed E-state index contributed by atoms with van der Waals surface area (Å²) in [6.07, 6.45) is 4.02. The van der Waals surface area contributed by atoms with Crippen molar-refractivity contribution in [3.05, 3.63) is 65.1 Å². The molecule has 2 amide bonds. The molecule has 1 atom stereocenters. The summed E-state index contributed by atoms with van der Waals surface area (Å²) in [5.74, 6) is 0. The van der Waals surface area contributed by atoms with Gasteiger partial charge >= 0.3 is 6.03 Å². The second kappa shape index (κ2) is 7.76. The van der Waals surface area contributed by atoms with Crippen molar-refractivity contribution in [2.75, 3.05) is 11.9 Å². The van der Waals surface area contributed by atoms with Crippen LogP contribution in [-0.4, -0.2) is 27.5 Å². The lowest BCUT2D eigenvalue weighted by molar-refractivity contribution is 0.239. The van der Waals surface area contributed by atoms with Crippen molar-refractivity contribution in [2.24, 2.45) is 0 Å². The first-order valence-electron chi connectivity index (χ1n) is 7.58. The van der Waals surface area contributed by atoms with E-state index in [2.05, 4.69) is 15.7 Å². The number of carbonyl (C=O) groups excluding carboxylic acids is 1. The van der Waals surface area contributed by atoms with Crippen LogP contribution in [0, 0.1) is 0 Å². The highest BCUT2D eigenvalue weighted by Crippen LogP contribution is 2.22. The minimum atomic E-state index is -0.306. The summed E-state index contributed by atoms with van der Waals surface area (Å²) >= 11 is 1.55. The van der Waals surface area contributed by atoms with Crippen LogP contribution in [0.15, 0.2) is 60.2 Å². The Morgan fingerprint density at radius 2 is 2.21 bits per heavy atom. The number of anilines is 1. The first-order chi connectivity index (χ1) is 11.8. The molecule has 1 unspecified atom stereocenters. The Kier molecular flexibility index (Phi) is 5.25. The van der Waals surface area contributed by atoms with E-state index in [1.807, 2.05) is 54.0 Å². The standard InChI is InChI=1S/C17H18N4O2S/c22-10-7-15(16-6-2-11-24-16)20-17(23)19-13-4-1-5-14(12-13)21-9-3-8-18-21/h1-6,8-9,11-12,15,22H,7,10H2,(H2,19,20,23). The van der Waals surface area contributed by atoms with Crippen LogP contribution in [0.4, 0.5) is 10.5 Å². The van der Waals surface area contributed by atoms with E-state index in [0.717, 1.165) is 10.6 Å². The molecule has 3 N–H and O–H groups in total. The molecule has 0 saturated carbocycles. The lowest BCUT2D eigenvalue weighted by Gasteiger charge is -2.17. The quantitative estimate of drug-likeness (QED) is 0.644. The Morgan fingerprint density at radius 3 is 2.92 bits per heavy atom. The van der Waals surface area contributed by atoms with E-state index in [4.69, 9.17) is 0 Å². The van der Waals surface area contributed by atoms with E-state index < -0.39 is 0 Å². The fraction of sp³-hybridized carbons (Fsp3) is 0.176. The number of nitrogens with one attached hydrogen (secondary N) is 2. The van der Waals surface area contributed by atoms with Crippen molar-refractivity contribution < 1.29 is 9.90 Å². The Hall–Kier alpha value is -2.64. The van der Waals surface area contributed by atoms with Crippen LogP contribution in [0.1, 0.15) is 17.3 Å². The van der Waals surface area contributed by atoms with Crippen molar-refractivity contribution in [2.45, 2.75) is 12.5 Å². The van der Waals surface area contributed by atoms with Gasteiger partial charge in [-0.3, -0.25) is 0 Å². The number of rotatable bonds is 6. The molecular formula is C17H18N4O2S. The maximum atomic E-state index is 12.3. The van der Waals surface area contributed by atoms with E-state index in [1.165, 1.54) is 0 Å². The van der Waals surface area contributed by atoms with Crippen LogP contribution in [0.25, 0.3) is 5.69 Å². The van der Waals surface area contributed by atoms with Gasteiger partial charge in [0.1, 0.15) is 0 Å². The second-order valence-electron chi connectivity index (χ2n) is 5.18. The Bertz CT molecular complexity index is 772. The molecule has 0 spiro atoms. The zero-order chi connectivity index (χ0) is 16.8. The molecule has 3 rings (SSSR count). The van der Waals surface area contributed by atoms with Gasteiger partial charge in [0.05, 0.1) is 11.7 Å². The Morgan fingerprint density at radius 1 is 1.29 bits per heavy atom. The van der Waals surface area contributed by atoms with Gasteiger partial charge in [0.2, 0.25) is 0 Å². The van der Waals surface area contributed by atoms with Crippen LogP contribution in [0.2, 0.25) is 0 Å². The van der Waals surface area contributed by atoms with Gasteiger partial charge in [0, 0.05) is 29.6 Å². The van der Waals surface area contributed by atoms with Gasteiger partial charge in [0.25, 0.3) is 0 Å². The summed E-state index contributed by atoms with van der Waals surface area (Å²) in [6, 6.07) is 12.6. The predicted molar refractivity (Wildman–Crippen MR) is 94.5 cm³/mol. The van der Waals surface area contributed by atoms with Gasteiger partial charge in [-0.1, -0.05) is 12.1 Å². The molecule has 24 heavy (non-hydrogen) atoms. The summed E-state index contributed by atoms with van der Waals surface area (Å²) in [6.45, 7) is 0.0115. The summed E-state index contributed by atoms with van der Waals surface area (Å²) in [5.41, 5.74) is 1.54. The molecule has 0 aliphatic rings. The summed E-state index contributed by atoms with van der Waals surface area (Å²) in [5, 5.41) is 21.1. The van der Waals surface area contributed by atoms with Crippen molar-refractivity contribution in [1.82, 2.24) is 15.1 Å². The lowest BCUT2D eigenvalue weighted by Crippen LogP contribution is -2.32. The third-order valence-electron chi connectivity index (χ3n) is 3.48. The molecule has 0 radical (unpaired) electrons. The maximum absolute atomic E-state index is 12.3. The average Bonchev–Trinajstić information content (AvgIpc) is 3.28. The van der Waals surface area contributed by atoms with Crippen LogP contribution in [-0.2, 0) is 0 Å². The van der Waals surface area contributed by atoms with E-state index in [9.17, 15) is 9.90 Å². The van der Waals surface area contributed by atoms with Crippen LogP contribution in [0.5, 0.6) is 0 Å². The molecule has 0 aliphatic carbocycles. The number of hydrogen-bond donors (Lipinski definition) is 3. The molecule has 6 nitrogen and oxygen atoms in total. The van der Waals surface area contributed by atoms with Gasteiger partial charge in [-0.25, -0.2) is 9.48 Å². The number of benzene rings is 1. The molecule has 7 heteroatoms. The number of urea groups is 1. The number of aromatic nitrogens is 2. The van der Waals surface area contributed by atoms with Gasteiger partial charge in [-0.05, 0) is 42.1 Å². The first kappa shape index (κ1) is 16.2. The van der Waals surface area contributed by atoms with Crippen molar-refractivity contribution in [1.29, 1.82) is 0 Å². The first-order valence-corrected chi connectivity index (χ1v) is 8.46. The number of aliphatic hydroxyl groups is 1. The Labute approximate surface area is 143 Å². The second-order valence-corrected chi connectivity index (χ2v) is 6.16. The minimum absolute atomic E-state index is 0.0115.